The molecule has 246 valence electrons. The number of phosphoric acid groups is 1. The van der Waals surface area contributed by atoms with Crippen molar-refractivity contribution in [2.75, 3.05) is 19.8 Å². The number of amides is 1. The molecule has 1 amide bonds. The maximum Gasteiger partial charge on any atom is 0.472 e. The minimum Gasteiger partial charge on any atom is -0.393 e. The molecule has 6 N–H and O–H groups in total. The van der Waals surface area contributed by atoms with E-state index in [-0.39, 0.29) is 19.6 Å². The highest BCUT2D eigenvalue weighted by Gasteiger charge is 2.27. The molecule has 0 heterocycles. The van der Waals surface area contributed by atoms with E-state index in [2.05, 4.69) is 30.5 Å². The van der Waals surface area contributed by atoms with Crippen molar-refractivity contribution in [2.24, 2.45) is 5.73 Å². The van der Waals surface area contributed by atoms with Gasteiger partial charge in [0.15, 0.2) is 0 Å². The molecule has 0 spiro atoms. The highest BCUT2D eigenvalue weighted by Crippen LogP contribution is 2.43. The monoisotopic (exact) mass is 616 g/mol. The molecule has 0 aliphatic carbocycles. The SMILES string of the molecule is C/C=C/CC/C=C/CC/C=C/C(O)C(COP(=O)(O)OCCN)NC(=O)CC(O)CCCCCCCCCCCCC. The smallest absolute Gasteiger partial charge is 0.393 e. The molecule has 0 aliphatic heterocycles. The van der Waals surface area contributed by atoms with Crippen LogP contribution in [0.25, 0.3) is 0 Å². The van der Waals surface area contributed by atoms with Crippen molar-refractivity contribution in [2.45, 2.75) is 141 Å². The second-order valence-corrected chi connectivity index (χ2v) is 12.3. The normalized spacial score (nSPS) is 15.9. The summed E-state index contributed by atoms with van der Waals surface area (Å²) in [5.41, 5.74) is 5.31. The van der Waals surface area contributed by atoms with Gasteiger partial charge in [0.1, 0.15) is 0 Å². The number of rotatable bonds is 29. The number of phosphoric ester groups is 1. The topological polar surface area (TPSA) is 151 Å². The molecule has 9 nitrogen and oxygen atoms in total. The quantitative estimate of drug-likeness (QED) is 0.0357. The van der Waals surface area contributed by atoms with Crippen molar-refractivity contribution in [1.82, 2.24) is 5.32 Å². The van der Waals surface area contributed by atoms with Gasteiger partial charge in [-0.1, -0.05) is 114 Å². The molecule has 4 atom stereocenters. The summed E-state index contributed by atoms with van der Waals surface area (Å²) in [6.07, 6.45) is 26.9. The average Bonchev–Trinajstić information content (AvgIpc) is 2.96. The van der Waals surface area contributed by atoms with Gasteiger partial charge in [-0.05, 0) is 39.0 Å². The number of carbonyl (C=O) groups is 1. The van der Waals surface area contributed by atoms with Crippen LogP contribution in [0.1, 0.15) is 123 Å². The molecule has 0 saturated heterocycles. The van der Waals surface area contributed by atoms with Crippen molar-refractivity contribution in [3.05, 3.63) is 36.5 Å². The van der Waals surface area contributed by atoms with Crippen LogP contribution >= 0.6 is 7.82 Å². The first-order valence-electron chi connectivity index (χ1n) is 16.2. The fraction of sp³-hybridized carbons (Fsp3) is 0.781. The number of hydrogen-bond acceptors (Lipinski definition) is 7. The zero-order valence-corrected chi connectivity index (χ0v) is 27.2. The van der Waals surface area contributed by atoms with E-state index in [9.17, 15) is 24.5 Å². The van der Waals surface area contributed by atoms with Gasteiger partial charge in [-0.3, -0.25) is 13.8 Å². The molecule has 0 aromatic heterocycles. The third-order valence-electron chi connectivity index (χ3n) is 6.85. The fourth-order valence-corrected chi connectivity index (χ4v) is 5.15. The summed E-state index contributed by atoms with van der Waals surface area (Å²) >= 11 is 0. The lowest BCUT2D eigenvalue weighted by atomic mass is 10.0. The molecule has 4 unspecified atom stereocenters. The maximum absolute atomic E-state index is 12.6. The summed E-state index contributed by atoms with van der Waals surface area (Å²) in [7, 11) is -4.39. The van der Waals surface area contributed by atoms with Crippen LogP contribution in [-0.4, -0.2) is 59.0 Å². The van der Waals surface area contributed by atoms with E-state index < -0.39 is 38.6 Å². The zero-order valence-electron chi connectivity index (χ0n) is 26.3. The Labute approximate surface area is 255 Å². The Morgan fingerprint density at radius 1 is 0.857 bits per heavy atom. The van der Waals surface area contributed by atoms with Crippen molar-refractivity contribution in [3.63, 3.8) is 0 Å². The van der Waals surface area contributed by atoms with Crippen LogP contribution in [0.15, 0.2) is 36.5 Å². The Bertz CT molecular complexity index is 776. The number of carbonyl (C=O) groups excluding carboxylic acids is 1. The van der Waals surface area contributed by atoms with Crippen molar-refractivity contribution in [3.8, 4) is 0 Å². The van der Waals surface area contributed by atoms with Gasteiger partial charge in [-0.15, -0.1) is 0 Å². The van der Waals surface area contributed by atoms with Crippen LogP contribution in [0.4, 0.5) is 0 Å². The van der Waals surface area contributed by atoms with Gasteiger partial charge < -0.3 is 26.2 Å². The number of nitrogens with one attached hydrogen (secondary N) is 1. The first kappa shape index (κ1) is 40.7. The summed E-state index contributed by atoms with van der Waals surface area (Å²) < 4.78 is 21.8. The Morgan fingerprint density at radius 2 is 1.40 bits per heavy atom. The van der Waals surface area contributed by atoms with Crippen molar-refractivity contribution < 1.29 is 33.5 Å². The van der Waals surface area contributed by atoms with Gasteiger partial charge in [0, 0.05) is 6.54 Å². The Kier molecular flexibility index (Phi) is 27.6. The van der Waals surface area contributed by atoms with Crippen LogP contribution < -0.4 is 11.1 Å². The number of nitrogens with two attached hydrogens (primary N) is 1. The predicted octanol–water partition coefficient (Wildman–Crippen LogP) is 6.63. The minimum absolute atomic E-state index is 0.0419. The number of hydrogen-bond donors (Lipinski definition) is 5. The third kappa shape index (κ3) is 26.3. The van der Waals surface area contributed by atoms with Gasteiger partial charge in [0.05, 0.1) is 37.9 Å². The number of aliphatic hydroxyl groups excluding tert-OH is 2. The van der Waals surface area contributed by atoms with Crippen LogP contribution in [0.3, 0.4) is 0 Å². The van der Waals surface area contributed by atoms with E-state index in [0.717, 1.165) is 38.5 Å². The molecular formula is C32H61N2O7P. The van der Waals surface area contributed by atoms with Crippen molar-refractivity contribution in [1.29, 1.82) is 0 Å². The van der Waals surface area contributed by atoms with E-state index in [1.165, 1.54) is 57.4 Å². The van der Waals surface area contributed by atoms with Gasteiger partial charge in [-0.2, -0.15) is 0 Å². The van der Waals surface area contributed by atoms with Crippen LogP contribution in [0, 0.1) is 0 Å². The summed E-state index contributed by atoms with van der Waals surface area (Å²) in [5, 5.41) is 23.7. The second kappa shape index (κ2) is 28.5. The zero-order chi connectivity index (χ0) is 31.3. The Balaban J connectivity index is 4.57. The van der Waals surface area contributed by atoms with Gasteiger partial charge in [0.2, 0.25) is 5.91 Å². The molecule has 0 saturated carbocycles. The van der Waals surface area contributed by atoms with Gasteiger partial charge in [0.25, 0.3) is 0 Å². The minimum atomic E-state index is -4.39. The maximum atomic E-state index is 12.6. The first-order chi connectivity index (χ1) is 20.3. The van der Waals surface area contributed by atoms with E-state index in [1.807, 2.05) is 13.0 Å². The molecule has 0 aromatic carbocycles. The molecule has 0 fully saturated rings. The van der Waals surface area contributed by atoms with Crippen LogP contribution in [-0.2, 0) is 18.4 Å². The van der Waals surface area contributed by atoms with E-state index in [0.29, 0.717) is 12.8 Å². The lowest BCUT2D eigenvalue weighted by Crippen LogP contribution is -2.46. The highest BCUT2D eigenvalue weighted by atomic mass is 31.2. The van der Waals surface area contributed by atoms with Crippen molar-refractivity contribution >= 4 is 13.7 Å². The molecule has 42 heavy (non-hydrogen) atoms. The number of aliphatic hydroxyl groups is 2. The molecule has 0 bridgehead atoms. The largest absolute Gasteiger partial charge is 0.472 e. The summed E-state index contributed by atoms with van der Waals surface area (Å²) in [4.78, 5) is 22.5. The van der Waals surface area contributed by atoms with E-state index in [4.69, 9.17) is 14.8 Å². The van der Waals surface area contributed by atoms with E-state index >= 15 is 0 Å². The molecule has 0 aromatic rings. The Morgan fingerprint density at radius 3 is 1.98 bits per heavy atom. The average molecular weight is 617 g/mol. The molecule has 0 aliphatic rings. The lowest BCUT2D eigenvalue weighted by Gasteiger charge is -2.24. The predicted molar refractivity (Wildman–Crippen MR) is 172 cm³/mol. The second-order valence-electron chi connectivity index (χ2n) is 10.9. The first-order valence-corrected chi connectivity index (χ1v) is 17.7. The Hall–Kier alpha value is -1.32. The van der Waals surface area contributed by atoms with Gasteiger partial charge in [-0.25, -0.2) is 4.57 Å². The third-order valence-corrected chi connectivity index (χ3v) is 7.83. The van der Waals surface area contributed by atoms with Crippen LogP contribution in [0.2, 0.25) is 0 Å². The molecule has 10 heteroatoms. The molecule has 0 radical (unpaired) electrons. The van der Waals surface area contributed by atoms with E-state index in [1.54, 1.807) is 6.08 Å². The standard InChI is InChI=1S/C32H61N2O7P/c1-3-5-7-9-11-13-14-16-17-19-21-23-29(35)27-32(37)34-30(28-41-42(38,39)40-26-25-33)31(36)24-22-20-18-15-12-10-8-6-4-2/h4,6,12,15,22,24,29-31,35-36H,3,5,7-11,13-14,16-21,23,25-28,33H2,1-2H3,(H,34,37)(H,38,39)/b6-4+,15-12+,24-22+. The summed E-state index contributed by atoms with van der Waals surface area (Å²) in [5.74, 6) is -0.466. The highest BCUT2D eigenvalue weighted by molar-refractivity contribution is 7.47. The summed E-state index contributed by atoms with van der Waals surface area (Å²) in [6.45, 7) is 3.65. The molecule has 0 rings (SSSR count). The molecular weight excluding hydrogens is 555 g/mol. The fourth-order valence-electron chi connectivity index (χ4n) is 4.39. The number of allylic oxidation sites excluding steroid dienone is 5. The van der Waals surface area contributed by atoms with Gasteiger partial charge >= 0.3 is 7.82 Å². The number of unbranched alkanes of at least 4 members (excludes halogenated alkanes) is 12. The van der Waals surface area contributed by atoms with Crippen LogP contribution in [0.5, 0.6) is 0 Å². The lowest BCUT2D eigenvalue weighted by molar-refractivity contribution is -0.124. The summed E-state index contributed by atoms with van der Waals surface area (Å²) in [6, 6.07) is -0.999.